The molecule has 0 radical (unpaired) electrons. The second-order valence-electron chi connectivity index (χ2n) is 7.84. The van der Waals surface area contributed by atoms with Crippen molar-refractivity contribution in [3.05, 3.63) is 65.5 Å². The Bertz CT molecular complexity index is 921. The molecular weight excluding hydrogens is 536 g/mol. The maximum Gasteiger partial charge on any atom is 0.225 e. The van der Waals surface area contributed by atoms with Gasteiger partial charge in [-0.1, -0.05) is 24.3 Å². The van der Waals surface area contributed by atoms with Gasteiger partial charge in [0.15, 0.2) is 5.96 Å². The van der Waals surface area contributed by atoms with E-state index in [1.54, 1.807) is 13.1 Å². The summed E-state index contributed by atoms with van der Waals surface area (Å²) in [5.74, 6) is 0.462. The first-order chi connectivity index (χ1) is 15.5. The number of nitrogens with one attached hydrogen (secondary N) is 2. The van der Waals surface area contributed by atoms with Crippen molar-refractivity contribution in [1.82, 2.24) is 15.1 Å². The van der Waals surface area contributed by atoms with Crippen LogP contribution in [0.4, 0.5) is 10.1 Å². The summed E-state index contributed by atoms with van der Waals surface area (Å²) in [6.07, 6.45) is 0.458. The topological polar surface area (TPSA) is 69.2 Å². The van der Waals surface area contributed by atoms with Crippen LogP contribution in [0.15, 0.2) is 53.5 Å². The summed E-state index contributed by atoms with van der Waals surface area (Å²) < 4.78 is 18.8. The molecule has 0 aromatic heterocycles. The van der Waals surface area contributed by atoms with Gasteiger partial charge >= 0.3 is 0 Å². The van der Waals surface area contributed by atoms with Crippen LogP contribution in [0.5, 0.6) is 0 Å². The van der Waals surface area contributed by atoms with E-state index in [0.29, 0.717) is 25.5 Å². The third-order valence-corrected chi connectivity index (χ3v) is 5.30. The van der Waals surface area contributed by atoms with E-state index < -0.39 is 0 Å². The van der Waals surface area contributed by atoms with Crippen molar-refractivity contribution in [3.8, 4) is 0 Å². The molecule has 0 aliphatic carbocycles. The summed E-state index contributed by atoms with van der Waals surface area (Å²) in [5, 5.41) is 6.30. The molecule has 0 unspecified atom stereocenters. The van der Waals surface area contributed by atoms with Gasteiger partial charge in [-0.05, 0) is 35.4 Å². The largest absolute Gasteiger partial charge is 0.379 e. The van der Waals surface area contributed by atoms with E-state index in [0.717, 1.165) is 49.7 Å². The SMILES string of the molecule is CN=C(NCc1cccc(NC(=O)CCN2CCOCC2)c1)N(C)Cc1cccc(F)c1.I. The van der Waals surface area contributed by atoms with Crippen molar-refractivity contribution in [2.75, 3.05) is 52.3 Å². The van der Waals surface area contributed by atoms with Crippen LogP contribution >= 0.6 is 24.0 Å². The van der Waals surface area contributed by atoms with Gasteiger partial charge in [-0.25, -0.2) is 4.39 Å². The highest BCUT2D eigenvalue weighted by molar-refractivity contribution is 14.0. The maximum absolute atomic E-state index is 13.4. The first kappa shape index (κ1) is 27.0. The fourth-order valence-corrected chi connectivity index (χ4v) is 3.62. The minimum atomic E-state index is -0.248. The van der Waals surface area contributed by atoms with E-state index in [2.05, 4.69) is 20.5 Å². The van der Waals surface area contributed by atoms with Crippen LogP contribution in [-0.2, 0) is 22.6 Å². The molecule has 1 amide bonds. The molecule has 2 aromatic rings. The monoisotopic (exact) mass is 569 g/mol. The molecule has 1 fully saturated rings. The fourth-order valence-electron chi connectivity index (χ4n) is 3.62. The standard InChI is InChI=1S/C24H32FN5O2.HI/c1-26-24(29(2)18-20-6-3-7-21(25)15-20)27-17-19-5-4-8-22(16-19)28-23(31)9-10-30-11-13-32-14-12-30;/h3-8,15-16H,9-14,17-18H2,1-2H3,(H,26,27)(H,28,31);1H. The second kappa shape index (κ2) is 14.1. The molecule has 0 atom stereocenters. The molecule has 3 rings (SSSR count). The van der Waals surface area contributed by atoms with E-state index >= 15 is 0 Å². The molecule has 0 saturated carbocycles. The normalized spacial score (nSPS) is 14.3. The zero-order valence-electron chi connectivity index (χ0n) is 19.2. The Labute approximate surface area is 212 Å². The molecule has 2 aromatic carbocycles. The third-order valence-electron chi connectivity index (χ3n) is 5.30. The van der Waals surface area contributed by atoms with Crippen LogP contribution in [0.1, 0.15) is 17.5 Å². The molecule has 9 heteroatoms. The number of rotatable bonds is 8. The number of hydrogen-bond acceptors (Lipinski definition) is 4. The molecule has 0 bridgehead atoms. The number of anilines is 1. The van der Waals surface area contributed by atoms with Crippen LogP contribution < -0.4 is 10.6 Å². The fraction of sp³-hybridized carbons (Fsp3) is 0.417. The molecule has 33 heavy (non-hydrogen) atoms. The van der Waals surface area contributed by atoms with E-state index in [-0.39, 0.29) is 35.7 Å². The van der Waals surface area contributed by atoms with Gasteiger partial charge in [-0.3, -0.25) is 14.7 Å². The van der Waals surface area contributed by atoms with Crippen molar-refractivity contribution in [1.29, 1.82) is 0 Å². The van der Waals surface area contributed by atoms with Gasteiger partial charge in [0.05, 0.1) is 13.2 Å². The molecule has 1 aliphatic rings. The van der Waals surface area contributed by atoms with E-state index in [4.69, 9.17) is 4.74 Å². The average molecular weight is 569 g/mol. The van der Waals surface area contributed by atoms with Gasteiger partial charge < -0.3 is 20.3 Å². The first-order valence-corrected chi connectivity index (χ1v) is 10.9. The smallest absolute Gasteiger partial charge is 0.225 e. The van der Waals surface area contributed by atoms with Gasteiger partial charge in [0.1, 0.15) is 5.82 Å². The van der Waals surface area contributed by atoms with Crippen molar-refractivity contribution in [2.24, 2.45) is 4.99 Å². The predicted octanol–water partition coefficient (Wildman–Crippen LogP) is 3.31. The Kier molecular flexibility index (Phi) is 11.6. The summed E-state index contributed by atoms with van der Waals surface area (Å²) in [7, 11) is 3.63. The maximum atomic E-state index is 13.4. The van der Waals surface area contributed by atoms with Crippen molar-refractivity contribution >= 4 is 41.5 Å². The molecule has 1 heterocycles. The van der Waals surface area contributed by atoms with Gasteiger partial charge in [0.2, 0.25) is 5.91 Å². The lowest BCUT2D eigenvalue weighted by atomic mass is 10.2. The average Bonchev–Trinajstić information content (AvgIpc) is 2.79. The number of carbonyl (C=O) groups is 1. The highest BCUT2D eigenvalue weighted by Crippen LogP contribution is 2.12. The number of amides is 1. The predicted molar refractivity (Wildman–Crippen MR) is 140 cm³/mol. The second-order valence-corrected chi connectivity index (χ2v) is 7.84. The quantitative estimate of drug-likeness (QED) is 0.290. The van der Waals surface area contributed by atoms with E-state index in [1.807, 2.05) is 42.3 Å². The van der Waals surface area contributed by atoms with Gasteiger partial charge in [0.25, 0.3) is 0 Å². The highest BCUT2D eigenvalue weighted by atomic mass is 127. The Hall–Kier alpha value is -2.24. The minimum absolute atomic E-state index is 0. The van der Waals surface area contributed by atoms with Crippen LogP contribution in [0.25, 0.3) is 0 Å². The molecule has 2 N–H and O–H groups in total. The number of morpholine rings is 1. The molecule has 1 aliphatic heterocycles. The van der Waals surface area contributed by atoms with Crippen molar-refractivity contribution < 1.29 is 13.9 Å². The number of carbonyl (C=O) groups excluding carboxylic acids is 1. The van der Waals surface area contributed by atoms with Crippen LogP contribution in [-0.4, -0.2) is 68.6 Å². The molecular formula is C24H33FIN5O2. The third kappa shape index (κ3) is 9.26. The lowest BCUT2D eigenvalue weighted by molar-refractivity contribution is -0.116. The molecule has 180 valence electrons. The Morgan fingerprint density at radius 3 is 2.61 bits per heavy atom. The number of nitrogens with zero attached hydrogens (tertiary/aromatic N) is 3. The molecule has 0 spiro atoms. The lowest BCUT2D eigenvalue weighted by Crippen LogP contribution is -2.38. The van der Waals surface area contributed by atoms with Gasteiger partial charge in [0, 0.05) is 58.9 Å². The van der Waals surface area contributed by atoms with Crippen LogP contribution in [0.3, 0.4) is 0 Å². The summed E-state index contributed by atoms with van der Waals surface area (Å²) in [4.78, 5) is 20.8. The van der Waals surface area contributed by atoms with Crippen molar-refractivity contribution in [2.45, 2.75) is 19.5 Å². The Balaban J connectivity index is 0.00000385. The summed E-state index contributed by atoms with van der Waals surface area (Å²) >= 11 is 0. The number of halogens is 2. The summed E-state index contributed by atoms with van der Waals surface area (Å²) in [6, 6.07) is 14.3. The van der Waals surface area contributed by atoms with Gasteiger partial charge in [-0.2, -0.15) is 0 Å². The molecule has 1 saturated heterocycles. The Morgan fingerprint density at radius 1 is 1.15 bits per heavy atom. The number of hydrogen-bond donors (Lipinski definition) is 2. The van der Waals surface area contributed by atoms with Crippen LogP contribution in [0, 0.1) is 5.82 Å². The van der Waals surface area contributed by atoms with Crippen LogP contribution in [0.2, 0.25) is 0 Å². The first-order valence-electron chi connectivity index (χ1n) is 10.9. The van der Waals surface area contributed by atoms with Crippen molar-refractivity contribution in [3.63, 3.8) is 0 Å². The highest BCUT2D eigenvalue weighted by Gasteiger charge is 2.12. The number of ether oxygens (including phenoxy) is 1. The summed E-state index contributed by atoms with van der Waals surface area (Å²) in [6.45, 7) is 5.06. The summed E-state index contributed by atoms with van der Waals surface area (Å²) in [5.41, 5.74) is 2.67. The number of guanidine groups is 1. The van der Waals surface area contributed by atoms with E-state index in [9.17, 15) is 9.18 Å². The number of benzene rings is 2. The zero-order chi connectivity index (χ0) is 22.8. The lowest BCUT2D eigenvalue weighted by Gasteiger charge is -2.26. The zero-order valence-corrected chi connectivity index (χ0v) is 21.6. The Morgan fingerprint density at radius 2 is 1.88 bits per heavy atom. The van der Waals surface area contributed by atoms with E-state index in [1.165, 1.54) is 12.1 Å². The number of aliphatic imine (C=N–C) groups is 1. The molecule has 7 nitrogen and oxygen atoms in total. The van der Waals surface area contributed by atoms with Gasteiger partial charge in [-0.15, -0.1) is 24.0 Å². The minimum Gasteiger partial charge on any atom is -0.379 e.